The molecule has 0 aliphatic carbocycles. The second-order valence-corrected chi connectivity index (χ2v) is 5.77. The van der Waals surface area contributed by atoms with Gasteiger partial charge in [0, 0.05) is 6.54 Å². The van der Waals surface area contributed by atoms with Crippen LogP contribution in [0.25, 0.3) is 0 Å². The fraction of sp³-hybridized carbons (Fsp3) is 0.235. The number of aliphatic hydroxyl groups excluding tert-OH is 1. The number of halogens is 2. The Morgan fingerprint density at radius 1 is 1.05 bits per heavy atom. The number of hydrogen-bond acceptors (Lipinski definition) is 2. The van der Waals surface area contributed by atoms with E-state index >= 15 is 0 Å². The molecule has 0 heterocycles. The summed E-state index contributed by atoms with van der Waals surface area (Å²) in [6.07, 6.45) is 0.947. The maximum absolute atomic E-state index is 12.0. The van der Waals surface area contributed by atoms with Gasteiger partial charge in [-0.2, -0.15) is 0 Å². The van der Waals surface area contributed by atoms with Gasteiger partial charge in [-0.25, -0.2) is 0 Å². The molecular weight excluding hydrogens is 321 g/mol. The first-order chi connectivity index (χ1) is 10.6. The third-order valence-electron chi connectivity index (χ3n) is 3.36. The Hall–Kier alpha value is -1.55. The summed E-state index contributed by atoms with van der Waals surface area (Å²) in [5.74, 6) is -0.0686. The van der Waals surface area contributed by atoms with Crippen LogP contribution in [0, 0.1) is 0 Å². The monoisotopic (exact) mass is 337 g/mol. The van der Waals surface area contributed by atoms with Gasteiger partial charge in [0.1, 0.15) is 0 Å². The Morgan fingerprint density at radius 3 is 2.45 bits per heavy atom. The van der Waals surface area contributed by atoms with Gasteiger partial charge in [0.15, 0.2) is 0 Å². The average molecular weight is 338 g/mol. The minimum Gasteiger partial charge on any atom is -0.392 e. The fourth-order valence-electron chi connectivity index (χ4n) is 2.16. The molecule has 0 saturated heterocycles. The summed E-state index contributed by atoms with van der Waals surface area (Å²) in [5, 5.41) is 13.2. The van der Waals surface area contributed by atoms with Crippen molar-refractivity contribution in [3.05, 3.63) is 69.2 Å². The lowest BCUT2D eigenvalue weighted by atomic mass is 10.0. The number of carbonyl (C=O) groups excluding carboxylic acids is 1. The topological polar surface area (TPSA) is 49.3 Å². The Morgan fingerprint density at radius 2 is 1.77 bits per heavy atom. The molecular formula is C17H17Cl2NO2. The molecule has 2 aromatic rings. The number of benzene rings is 2. The van der Waals surface area contributed by atoms with Crippen molar-refractivity contribution in [2.45, 2.75) is 19.4 Å². The summed E-state index contributed by atoms with van der Waals surface area (Å²) in [6, 6.07) is 12.8. The highest BCUT2D eigenvalue weighted by molar-refractivity contribution is 6.42. The van der Waals surface area contributed by atoms with Gasteiger partial charge in [-0.3, -0.25) is 4.79 Å². The number of nitrogens with one attached hydrogen (secondary N) is 1. The van der Waals surface area contributed by atoms with Gasteiger partial charge in [0.25, 0.3) is 0 Å². The second-order valence-electron chi connectivity index (χ2n) is 4.95. The van der Waals surface area contributed by atoms with Crippen molar-refractivity contribution in [1.29, 1.82) is 0 Å². The standard InChI is InChI=1S/C17H17Cl2NO2/c18-15-6-5-12(9-16(15)19)7-8-20-17(22)10-13-3-1-2-4-14(13)11-21/h1-6,9,21H,7-8,10-11H2,(H,20,22). The number of amides is 1. The third-order valence-corrected chi connectivity index (χ3v) is 4.10. The van der Waals surface area contributed by atoms with Crippen molar-refractivity contribution in [2.24, 2.45) is 0 Å². The van der Waals surface area contributed by atoms with Crippen LogP contribution in [0.1, 0.15) is 16.7 Å². The van der Waals surface area contributed by atoms with Crippen LogP contribution < -0.4 is 5.32 Å². The van der Waals surface area contributed by atoms with E-state index in [1.54, 1.807) is 12.1 Å². The molecule has 0 radical (unpaired) electrons. The Bertz CT molecular complexity index is 659. The Balaban J connectivity index is 1.84. The van der Waals surface area contributed by atoms with Gasteiger partial charge in [-0.1, -0.05) is 53.5 Å². The van der Waals surface area contributed by atoms with Crippen LogP contribution in [0.2, 0.25) is 10.0 Å². The molecule has 3 nitrogen and oxygen atoms in total. The van der Waals surface area contributed by atoms with Crippen LogP contribution in [0.3, 0.4) is 0 Å². The van der Waals surface area contributed by atoms with Crippen LogP contribution in [-0.4, -0.2) is 17.6 Å². The summed E-state index contributed by atoms with van der Waals surface area (Å²) in [5.41, 5.74) is 2.64. The minimum absolute atomic E-state index is 0.0628. The Labute approximate surface area is 139 Å². The molecule has 2 rings (SSSR count). The van der Waals surface area contributed by atoms with Gasteiger partial charge in [-0.15, -0.1) is 0 Å². The van der Waals surface area contributed by atoms with Gasteiger partial charge in [-0.05, 0) is 35.2 Å². The molecule has 0 spiro atoms. The highest BCUT2D eigenvalue weighted by Crippen LogP contribution is 2.22. The van der Waals surface area contributed by atoms with Crippen molar-refractivity contribution >= 4 is 29.1 Å². The van der Waals surface area contributed by atoms with E-state index in [9.17, 15) is 9.90 Å². The van der Waals surface area contributed by atoms with E-state index in [1.165, 1.54) is 0 Å². The maximum atomic E-state index is 12.0. The smallest absolute Gasteiger partial charge is 0.224 e. The number of carbonyl (C=O) groups is 1. The molecule has 0 bridgehead atoms. The van der Waals surface area contributed by atoms with E-state index in [0.717, 1.165) is 16.7 Å². The fourth-order valence-corrected chi connectivity index (χ4v) is 2.48. The van der Waals surface area contributed by atoms with Crippen molar-refractivity contribution in [3.63, 3.8) is 0 Å². The van der Waals surface area contributed by atoms with Crippen LogP contribution >= 0.6 is 23.2 Å². The maximum Gasteiger partial charge on any atom is 0.224 e. The van der Waals surface area contributed by atoms with Gasteiger partial charge in [0.2, 0.25) is 5.91 Å². The molecule has 0 aliphatic rings. The van der Waals surface area contributed by atoms with Gasteiger partial charge in [0.05, 0.1) is 23.1 Å². The van der Waals surface area contributed by atoms with Crippen molar-refractivity contribution < 1.29 is 9.90 Å². The van der Waals surface area contributed by atoms with Crippen LogP contribution in [0.5, 0.6) is 0 Å². The van der Waals surface area contributed by atoms with Gasteiger partial charge >= 0.3 is 0 Å². The predicted octanol–water partition coefficient (Wildman–Crippen LogP) is 3.39. The highest BCUT2D eigenvalue weighted by Gasteiger charge is 2.07. The zero-order valence-electron chi connectivity index (χ0n) is 12.0. The largest absolute Gasteiger partial charge is 0.392 e. The van der Waals surface area contributed by atoms with E-state index in [1.807, 2.05) is 30.3 Å². The lowest BCUT2D eigenvalue weighted by molar-refractivity contribution is -0.120. The second kappa shape index (κ2) is 8.18. The van der Waals surface area contributed by atoms with E-state index in [0.29, 0.717) is 23.0 Å². The number of aliphatic hydroxyl groups is 1. The van der Waals surface area contributed by atoms with E-state index in [-0.39, 0.29) is 18.9 Å². The molecule has 1 amide bonds. The summed E-state index contributed by atoms with van der Waals surface area (Å²) in [6.45, 7) is 0.463. The molecule has 0 saturated carbocycles. The first kappa shape index (κ1) is 16.8. The summed E-state index contributed by atoms with van der Waals surface area (Å²) < 4.78 is 0. The van der Waals surface area contributed by atoms with Crippen molar-refractivity contribution in [2.75, 3.05) is 6.54 Å². The zero-order valence-corrected chi connectivity index (χ0v) is 13.5. The van der Waals surface area contributed by atoms with Crippen LogP contribution in [-0.2, 0) is 24.2 Å². The van der Waals surface area contributed by atoms with E-state index in [4.69, 9.17) is 23.2 Å². The zero-order chi connectivity index (χ0) is 15.9. The highest BCUT2D eigenvalue weighted by atomic mass is 35.5. The minimum atomic E-state index is -0.0686. The molecule has 2 N–H and O–H groups in total. The van der Waals surface area contributed by atoms with Crippen LogP contribution in [0.15, 0.2) is 42.5 Å². The molecule has 0 aromatic heterocycles. The predicted molar refractivity (Wildman–Crippen MR) is 89.2 cm³/mol. The van der Waals surface area contributed by atoms with Gasteiger partial charge < -0.3 is 10.4 Å². The normalized spacial score (nSPS) is 10.5. The Kier molecular flexibility index (Phi) is 6.25. The molecule has 0 atom stereocenters. The quantitative estimate of drug-likeness (QED) is 0.848. The lowest BCUT2D eigenvalue weighted by Crippen LogP contribution is -2.27. The summed E-state index contributed by atoms with van der Waals surface area (Å²) in [7, 11) is 0. The van der Waals surface area contributed by atoms with E-state index in [2.05, 4.69) is 5.32 Å². The molecule has 22 heavy (non-hydrogen) atoms. The molecule has 0 fully saturated rings. The van der Waals surface area contributed by atoms with Crippen molar-refractivity contribution in [1.82, 2.24) is 5.32 Å². The summed E-state index contributed by atoms with van der Waals surface area (Å²) in [4.78, 5) is 12.0. The van der Waals surface area contributed by atoms with Crippen molar-refractivity contribution in [3.8, 4) is 0 Å². The molecule has 116 valence electrons. The third kappa shape index (κ3) is 4.73. The SMILES string of the molecule is O=C(Cc1ccccc1CO)NCCc1ccc(Cl)c(Cl)c1. The molecule has 0 unspecified atom stereocenters. The molecule has 2 aromatic carbocycles. The number of hydrogen-bond donors (Lipinski definition) is 2. The first-order valence-corrected chi connectivity index (χ1v) is 7.74. The average Bonchev–Trinajstić information content (AvgIpc) is 2.51. The lowest BCUT2D eigenvalue weighted by Gasteiger charge is -2.09. The van der Waals surface area contributed by atoms with Crippen LogP contribution in [0.4, 0.5) is 0 Å². The first-order valence-electron chi connectivity index (χ1n) is 6.98. The summed E-state index contributed by atoms with van der Waals surface area (Å²) >= 11 is 11.8. The molecule has 0 aliphatic heterocycles. The number of rotatable bonds is 6. The van der Waals surface area contributed by atoms with E-state index < -0.39 is 0 Å². The molecule has 5 heteroatoms.